The SMILES string of the molecule is CCCCCCCOc1cc(C#Cc2cc(C)c(OCCCCC(=O)OCC)c(C)c2)c(OCCCCCCC)cc1C#Cc1ccc(-c2nnc(-c3ccc(C#Cc4cc(OCCCCC)c(C#Cc5ccc(OCCCCCCCC(=O)OCC)cc5)cc4OCCCCC)cc3)s2)cc1. The van der Waals surface area contributed by atoms with Gasteiger partial charge in [0, 0.05) is 70.5 Å². The van der Waals surface area contributed by atoms with Crippen LogP contribution in [0.5, 0.6) is 34.5 Å². The van der Waals surface area contributed by atoms with Gasteiger partial charge in [-0.3, -0.25) is 9.59 Å². The Labute approximate surface area is 614 Å². The zero-order chi connectivity index (χ0) is 72.2. The van der Waals surface area contributed by atoms with Crippen molar-refractivity contribution in [3.05, 3.63) is 165 Å². The van der Waals surface area contributed by atoms with Crippen molar-refractivity contribution in [3.63, 3.8) is 0 Å². The molecule has 0 fully saturated rings. The van der Waals surface area contributed by atoms with Gasteiger partial charge in [0.25, 0.3) is 0 Å². The minimum Gasteiger partial charge on any atom is -0.494 e. The lowest BCUT2D eigenvalue weighted by Gasteiger charge is -2.14. The second kappa shape index (κ2) is 47.1. The number of carbonyl (C=O) groups excluding carboxylic acids is 2. The molecule has 102 heavy (non-hydrogen) atoms. The summed E-state index contributed by atoms with van der Waals surface area (Å²) in [6.07, 6.45) is 24.7. The third-order valence-corrected chi connectivity index (χ3v) is 18.0. The molecule has 7 rings (SSSR count). The van der Waals surface area contributed by atoms with Gasteiger partial charge in [-0.15, -0.1) is 10.2 Å². The predicted molar refractivity (Wildman–Crippen MR) is 414 cm³/mol. The van der Waals surface area contributed by atoms with Gasteiger partial charge in [-0.2, -0.15) is 0 Å². The van der Waals surface area contributed by atoms with Crippen molar-refractivity contribution in [2.75, 3.05) is 52.9 Å². The maximum absolute atomic E-state index is 11.8. The average Bonchev–Trinajstić information content (AvgIpc) is 1.11. The van der Waals surface area contributed by atoms with Crippen molar-refractivity contribution in [2.24, 2.45) is 0 Å². The van der Waals surface area contributed by atoms with Crippen LogP contribution in [0.2, 0.25) is 0 Å². The number of benzene rings is 6. The number of hydrogen-bond donors (Lipinski definition) is 0. The fourth-order valence-corrected chi connectivity index (χ4v) is 12.1. The summed E-state index contributed by atoms with van der Waals surface area (Å²) in [7, 11) is 0. The van der Waals surface area contributed by atoms with Gasteiger partial charge in [0.05, 0.1) is 75.1 Å². The molecule has 0 aliphatic rings. The molecule has 13 heteroatoms. The Morgan fingerprint density at radius 3 is 1.03 bits per heavy atom. The third kappa shape index (κ3) is 29.1. The van der Waals surface area contributed by atoms with Crippen LogP contribution < -0.4 is 28.4 Å². The van der Waals surface area contributed by atoms with E-state index in [2.05, 4.69) is 97.4 Å². The van der Waals surface area contributed by atoms with Gasteiger partial charge in [0.15, 0.2) is 0 Å². The van der Waals surface area contributed by atoms with Gasteiger partial charge in [-0.25, -0.2) is 0 Å². The molecule has 0 saturated heterocycles. The van der Waals surface area contributed by atoms with E-state index in [1.807, 2.05) is 125 Å². The second-order valence-corrected chi connectivity index (χ2v) is 26.6. The van der Waals surface area contributed by atoms with Crippen molar-refractivity contribution in [2.45, 2.75) is 216 Å². The fourth-order valence-electron chi connectivity index (χ4n) is 11.2. The van der Waals surface area contributed by atoms with Crippen LogP contribution in [0, 0.1) is 61.2 Å². The Kier molecular flexibility index (Phi) is 37.0. The summed E-state index contributed by atoms with van der Waals surface area (Å²) in [5.41, 5.74) is 10.3. The molecule has 0 bridgehead atoms. The van der Waals surface area contributed by atoms with E-state index in [4.69, 9.17) is 37.9 Å². The normalized spacial score (nSPS) is 10.6. The standard InChI is InChI=1S/C89H108N2O10S/c1-9-15-19-23-31-59-99-83-67-79(53-43-73-62-68(7)87(69(8)63-73)101-61-33-27-35-86(93)95-14-6)84(100-60-32-24-20-16-10-2)66-77(83)51-41-71-38-48-75(49-39-71)89-91-90-88(102-89)74-46-36-70(37-47-74)40-50-76-64-82(98-58-29-18-12-4)78(65-81(76)97-57-28-17-11-3)52-42-72-44-54-80(55-45-72)96-56-30-25-21-22-26-34-85(92)94-13-5/h36-39,44-49,54-55,62-67H,9-35,56-61H2,1-8H3. The zero-order valence-electron chi connectivity index (χ0n) is 62.1. The van der Waals surface area contributed by atoms with Gasteiger partial charge in [-0.05, 0) is 151 Å². The first-order valence-corrected chi connectivity index (χ1v) is 38.6. The summed E-state index contributed by atoms with van der Waals surface area (Å²) in [5.74, 6) is 31.5. The lowest BCUT2D eigenvalue weighted by molar-refractivity contribution is -0.144. The maximum atomic E-state index is 11.8. The first-order chi connectivity index (χ1) is 50.0. The number of aryl methyl sites for hydroxylation is 2. The van der Waals surface area contributed by atoms with Crippen LogP contribution in [-0.2, 0) is 19.1 Å². The molecule has 0 N–H and O–H groups in total. The predicted octanol–water partition coefficient (Wildman–Crippen LogP) is 21.3. The number of esters is 2. The van der Waals surface area contributed by atoms with E-state index in [1.165, 1.54) is 49.9 Å². The average molecular weight is 1400 g/mol. The number of rotatable bonds is 43. The number of ether oxygens (including phenoxy) is 8. The Hall–Kier alpha value is -9.14. The summed E-state index contributed by atoms with van der Waals surface area (Å²) >= 11 is 1.54. The second-order valence-electron chi connectivity index (χ2n) is 25.6. The van der Waals surface area contributed by atoms with Crippen LogP contribution in [0.25, 0.3) is 21.1 Å². The molecular formula is C89H108N2O10S. The molecule has 0 unspecified atom stereocenters. The van der Waals surface area contributed by atoms with Gasteiger partial charge < -0.3 is 37.9 Å². The number of carbonyl (C=O) groups is 2. The fraction of sp³-hybridized carbons (Fsp3) is 0.461. The third-order valence-electron chi connectivity index (χ3n) is 17.0. The lowest BCUT2D eigenvalue weighted by atomic mass is 10.0. The van der Waals surface area contributed by atoms with Crippen molar-refractivity contribution in [3.8, 4) is 103 Å². The van der Waals surface area contributed by atoms with Crippen LogP contribution in [0.3, 0.4) is 0 Å². The Morgan fingerprint density at radius 1 is 0.333 bits per heavy atom. The number of unbranched alkanes of at least 4 members (excludes halogenated alkanes) is 17. The van der Waals surface area contributed by atoms with Crippen LogP contribution in [0.1, 0.15) is 258 Å². The minimum atomic E-state index is -0.170. The highest BCUT2D eigenvalue weighted by Crippen LogP contribution is 2.34. The van der Waals surface area contributed by atoms with Crippen LogP contribution >= 0.6 is 11.3 Å². The van der Waals surface area contributed by atoms with Crippen LogP contribution in [0.4, 0.5) is 0 Å². The lowest BCUT2D eigenvalue weighted by Crippen LogP contribution is -2.06. The van der Waals surface area contributed by atoms with E-state index >= 15 is 0 Å². The largest absolute Gasteiger partial charge is 0.494 e. The molecule has 7 aromatic rings. The first kappa shape index (κ1) is 80.2. The molecule has 0 aliphatic heterocycles. The first-order valence-electron chi connectivity index (χ1n) is 37.8. The van der Waals surface area contributed by atoms with Crippen molar-refractivity contribution < 1.29 is 47.5 Å². The number of aromatic nitrogens is 2. The van der Waals surface area contributed by atoms with E-state index in [1.54, 1.807) is 0 Å². The Morgan fingerprint density at radius 2 is 0.637 bits per heavy atom. The molecule has 1 aromatic heterocycles. The van der Waals surface area contributed by atoms with E-state index in [9.17, 15) is 9.59 Å². The smallest absolute Gasteiger partial charge is 0.305 e. The van der Waals surface area contributed by atoms with Crippen LogP contribution in [0.15, 0.2) is 109 Å². The van der Waals surface area contributed by atoms with Gasteiger partial charge in [-0.1, -0.05) is 207 Å². The Bertz CT molecular complexity index is 3920. The number of hydrogen-bond acceptors (Lipinski definition) is 13. The monoisotopic (exact) mass is 1400 g/mol. The minimum absolute atomic E-state index is 0.112. The highest BCUT2D eigenvalue weighted by Gasteiger charge is 2.16. The van der Waals surface area contributed by atoms with E-state index in [-0.39, 0.29) is 11.9 Å². The van der Waals surface area contributed by atoms with Crippen molar-refractivity contribution >= 4 is 23.3 Å². The molecule has 12 nitrogen and oxygen atoms in total. The molecular weight excluding hydrogens is 1290 g/mol. The molecule has 0 amide bonds. The topological polar surface area (TPSA) is 134 Å². The molecule has 0 radical (unpaired) electrons. The summed E-state index contributed by atoms with van der Waals surface area (Å²) < 4.78 is 48.5. The van der Waals surface area contributed by atoms with Gasteiger partial charge in [0.1, 0.15) is 44.5 Å². The summed E-state index contributed by atoms with van der Waals surface area (Å²) in [4.78, 5) is 23.4. The van der Waals surface area contributed by atoms with Crippen LogP contribution in [-0.4, -0.2) is 75.0 Å². The molecule has 0 aliphatic carbocycles. The summed E-state index contributed by atoms with van der Waals surface area (Å²) in [6, 6.07) is 36.3. The highest BCUT2D eigenvalue weighted by molar-refractivity contribution is 7.17. The summed E-state index contributed by atoms with van der Waals surface area (Å²) in [6.45, 7) is 20.9. The van der Waals surface area contributed by atoms with E-state index in [0.717, 1.165) is 191 Å². The highest BCUT2D eigenvalue weighted by atomic mass is 32.1. The van der Waals surface area contributed by atoms with Crippen molar-refractivity contribution in [1.29, 1.82) is 0 Å². The quantitative estimate of drug-likeness (QED) is 0.0205. The molecule has 540 valence electrons. The zero-order valence-corrected chi connectivity index (χ0v) is 62.9. The van der Waals surface area contributed by atoms with Gasteiger partial charge in [0.2, 0.25) is 0 Å². The van der Waals surface area contributed by atoms with E-state index < -0.39 is 0 Å². The number of nitrogens with zero attached hydrogens (tertiary/aromatic N) is 2. The maximum Gasteiger partial charge on any atom is 0.305 e. The van der Waals surface area contributed by atoms with Gasteiger partial charge >= 0.3 is 11.9 Å². The molecule has 6 aromatic carbocycles. The molecule has 0 saturated carbocycles. The van der Waals surface area contributed by atoms with E-state index in [0.29, 0.717) is 95.1 Å². The Balaban J connectivity index is 1.05. The summed E-state index contributed by atoms with van der Waals surface area (Å²) in [5, 5.41) is 10.9. The molecule has 0 atom stereocenters. The molecule has 1 heterocycles. The van der Waals surface area contributed by atoms with Crippen molar-refractivity contribution in [1.82, 2.24) is 10.2 Å². The molecule has 0 spiro atoms.